The van der Waals surface area contributed by atoms with Crippen LogP contribution in [0.25, 0.3) is 0 Å². The molecule has 1 rings (SSSR count). The number of halogens is 1. The van der Waals surface area contributed by atoms with E-state index >= 15 is 0 Å². The van der Waals surface area contributed by atoms with Gasteiger partial charge in [-0.3, -0.25) is 4.79 Å². The summed E-state index contributed by atoms with van der Waals surface area (Å²) < 4.78 is 0. The summed E-state index contributed by atoms with van der Waals surface area (Å²) in [5.41, 5.74) is 3.42. The standard InChI is InChI=1S/C17H25ClN2O/c1-2-3-4-5-6-7-8-12-17(21)20-19-14-15-10-9-11-16(18)13-15/h9-11,13-14H,2-8,12H2,1H3,(H,20,21). The van der Waals surface area contributed by atoms with Crippen molar-refractivity contribution in [3.05, 3.63) is 34.9 Å². The van der Waals surface area contributed by atoms with Gasteiger partial charge in [0, 0.05) is 11.4 Å². The first-order valence-corrected chi connectivity index (χ1v) is 8.17. The van der Waals surface area contributed by atoms with Crippen LogP contribution in [0, 0.1) is 0 Å². The minimum absolute atomic E-state index is 0.0261. The first-order chi connectivity index (χ1) is 10.2. The van der Waals surface area contributed by atoms with Gasteiger partial charge in [-0.2, -0.15) is 5.10 Å². The number of hydrogen-bond donors (Lipinski definition) is 1. The van der Waals surface area contributed by atoms with Gasteiger partial charge < -0.3 is 0 Å². The summed E-state index contributed by atoms with van der Waals surface area (Å²) in [6, 6.07) is 7.34. The highest BCUT2D eigenvalue weighted by atomic mass is 35.5. The SMILES string of the molecule is CCCCCCCCCC(=O)NN=Cc1cccc(Cl)c1. The van der Waals surface area contributed by atoms with Crippen LogP contribution in [0.1, 0.15) is 63.9 Å². The van der Waals surface area contributed by atoms with E-state index in [2.05, 4.69) is 17.5 Å². The molecule has 0 atom stereocenters. The van der Waals surface area contributed by atoms with Crippen molar-refractivity contribution < 1.29 is 4.79 Å². The molecular weight excluding hydrogens is 284 g/mol. The molecule has 0 fully saturated rings. The van der Waals surface area contributed by atoms with Crippen LogP contribution in [0.2, 0.25) is 5.02 Å². The monoisotopic (exact) mass is 308 g/mol. The van der Waals surface area contributed by atoms with Crippen molar-refractivity contribution in [3.8, 4) is 0 Å². The van der Waals surface area contributed by atoms with E-state index in [9.17, 15) is 4.79 Å². The fourth-order valence-corrected chi connectivity index (χ4v) is 2.26. The molecule has 3 nitrogen and oxygen atoms in total. The third-order valence-electron chi connectivity index (χ3n) is 3.26. The molecule has 0 aliphatic carbocycles. The number of rotatable bonds is 10. The fourth-order valence-electron chi connectivity index (χ4n) is 2.06. The molecule has 0 spiro atoms. The second-order valence-electron chi connectivity index (χ2n) is 5.22. The van der Waals surface area contributed by atoms with E-state index in [1.54, 1.807) is 18.3 Å². The highest BCUT2D eigenvalue weighted by molar-refractivity contribution is 6.30. The van der Waals surface area contributed by atoms with Gasteiger partial charge in [0.1, 0.15) is 0 Å². The fraction of sp³-hybridized carbons (Fsp3) is 0.529. The summed E-state index contributed by atoms with van der Waals surface area (Å²) in [5.74, 6) is -0.0261. The van der Waals surface area contributed by atoms with Crippen molar-refractivity contribution in [1.29, 1.82) is 0 Å². The van der Waals surface area contributed by atoms with Crippen LogP contribution in [-0.2, 0) is 4.79 Å². The average Bonchev–Trinajstić information content (AvgIpc) is 2.46. The summed E-state index contributed by atoms with van der Waals surface area (Å²) in [5, 5.41) is 4.60. The Hall–Kier alpha value is -1.35. The number of carbonyl (C=O) groups excluding carboxylic acids is 1. The molecule has 0 aliphatic rings. The van der Waals surface area contributed by atoms with E-state index in [4.69, 9.17) is 11.6 Å². The van der Waals surface area contributed by atoms with E-state index in [0.29, 0.717) is 11.4 Å². The second kappa shape index (κ2) is 11.3. The maximum atomic E-state index is 11.6. The molecule has 1 amide bonds. The normalized spacial score (nSPS) is 11.0. The average molecular weight is 309 g/mol. The van der Waals surface area contributed by atoms with Crippen LogP contribution in [0.3, 0.4) is 0 Å². The van der Waals surface area contributed by atoms with Crippen molar-refractivity contribution in [2.45, 2.75) is 58.3 Å². The molecule has 0 heterocycles. The highest BCUT2D eigenvalue weighted by Gasteiger charge is 1.99. The van der Waals surface area contributed by atoms with Crippen LogP contribution in [0.5, 0.6) is 0 Å². The Morgan fingerprint density at radius 3 is 2.62 bits per heavy atom. The largest absolute Gasteiger partial charge is 0.273 e. The third-order valence-corrected chi connectivity index (χ3v) is 3.49. The van der Waals surface area contributed by atoms with E-state index in [1.165, 1.54) is 32.1 Å². The van der Waals surface area contributed by atoms with Gasteiger partial charge >= 0.3 is 0 Å². The topological polar surface area (TPSA) is 41.5 Å². The number of hydrazone groups is 1. The van der Waals surface area contributed by atoms with Crippen LogP contribution in [0.15, 0.2) is 29.4 Å². The van der Waals surface area contributed by atoms with Crippen LogP contribution in [-0.4, -0.2) is 12.1 Å². The van der Waals surface area contributed by atoms with Gasteiger partial charge in [-0.25, -0.2) is 5.43 Å². The van der Waals surface area contributed by atoms with Gasteiger partial charge in [0.25, 0.3) is 0 Å². The number of unbranched alkanes of at least 4 members (excludes halogenated alkanes) is 6. The zero-order valence-electron chi connectivity index (χ0n) is 12.8. The molecular formula is C17H25ClN2O. The van der Waals surface area contributed by atoms with Crippen molar-refractivity contribution in [2.24, 2.45) is 5.10 Å². The summed E-state index contributed by atoms with van der Waals surface area (Å²) in [7, 11) is 0. The molecule has 1 aromatic carbocycles. The Bertz CT molecular complexity index is 446. The van der Waals surface area contributed by atoms with E-state index < -0.39 is 0 Å². The molecule has 4 heteroatoms. The van der Waals surface area contributed by atoms with Crippen LogP contribution < -0.4 is 5.43 Å². The summed E-state index contributed by atoms with van der Waals surface area (Å²) in [6.07, 6.45) is 10.6. The van der Waals surface area contributed by atoms with Gasteiger partial charge in [0.15, 0.2) is 0 Å². The second-order valence-corrected chi connectivity index (χ2v) is 5.66. The van der Waals surface area contributed by atoms with Gasteiger partial charge in [0.05, 0.1) is 6.21 Å². The zero-order chi connectivity index (χ0) is 15.3. The molecule has 0 saturated carbocycles. The van der Waals surface area contributed by atoms with Gasteiger partial charge in [-0.05, 0) is 24.1 Å². The lowest BCUT2D eigenvalue weighted by molar-refractivity contribution is -0.121. The molecule has 0 unspecified atom stereocenters. The molecule has 1 N–H and O–H groups in total. The summed E-state index contributed by atoms with van der Waals surface area (Å²) in [4.78, 5) is 11.6. The minimum Gasteiger partial charge on any atom is -0.273 e. The maximum absolute atomic E-state index is 11.6. The van der Waals surface area contributed by atoms with Gasteiger partial charge in [-0.1, -0.05) is 69.2 Å². The lowest BCUT2D eigenvalue weighted by Crippen LogP contribution is -2.16. The molecule has 0 aromatic heterocycles. The highest BCUT2D eigenvalue weighted by Crippen LogP contribution is 2.09. The van der Waals surface area contributed by atoms with E-state index in [-0.39, 0.29) is 5.91 Å². The Balaban J connectivity index is 2.08. The van der Waals surface area contributed by atoms with E-state index in [1.807, 2.05) is 12.1 Å². The Morgan fingerprint density at radius 1 is 1.19 bits per heavy atom. The van der Waals surface area contributed by atoms with Crippen molar-refractivity contribution in [2.75, 3.05) is 0 Å². The number of nitrogens with one attached hydrogen (secondary N) is 1. The minimum atomic E-state index is -0.0261. The van der Waals surface area contributed by atoms with Crippen molar-refractivity contribution >= 4 is 23.7 Å². The Kier molecular flexibility index (Phi) is 9.55. The predicted molar refractivity (Wildman–Crippen MR) is 89.8 cm³/mol. The lowest BCUT2D eigenvalue weighted by atomic mass is 10.1. The number of carbonyl (C=O) groups is 1. The van der Waals surface area contributed by atoms with E-state index in [0.717, 1.165) is 18.4 Å². The van der Waals surface area contributed by atoms with Crippen LogP contribution in [0.4, 0.5) is 0 Å². The molecule has 1 aromatic rings. The molecule has 116 valence electrons. The molecule has 0 bridgehead atoms. The third kappa shape index (κ3) is 9.24. The quantitative estimate of drug-likeness (QED) is 0.371. The zero-order valence-corrected chi connectivity index (χ0v) is 13.5. The number of benzene rings is 1. The first-order valence-electron chi connectivity index (χ1n) is 7.80. The number of hydrogen-bond acceptors (Lipinski definition) is 2. The summed E-state index contributed by atoms with van der Waals surface area (Å²) in [6.45, 7) is 2.22. The Labute approximate surface area is 132 Å². The number of amides is 1. The van der Waals surface area contributed by atoms with Gasteiger partial charge in [0.2, 0.25) is 5.91 Å². The van der Waals surface area contributed by atoms with Crippen molar-refractivity contribution in [3.63, 3.8) is 0 Å². The smallest absolute Gasteiger partial charge is 0.240 e. The van der Waals surface area contributed by atoms with Crippen molar-refractivity contribution in [1.82, 2.24) is 5.43 Å². The molecule has 0 aliphatic heterocycles. The van der Waals surface area contributed by atoms with Gasteiger partial charge in [-0.15, -0.1) is 0 Å². The molecule has 0 radical (unpaired) electrons. The molecule has 0 saturated heterocycles. The first kappa shape index (κ1) is 17.7. The maximum Gasteiger partial charge on any atom is 0.240 e. The number of nitrogens with zero attached hydrogens (tertiary/aromatic N) is 1. The predicted octanol–water partition coefficient (Wildman–Crippen LogP) is 4.93. The Morgan fingerprint density at radius 2 is 1.90 bits per heavy atom. The molecule has 21 heavy (non-hydrogen) atoms. The summed E-state index contributed by atoms with van der Waals surface area (Å²) >= 11 is 5.87. The lowest BCUT2D eigenvalue weighted by Gasteiger charge is -2.01. The van der Waals surface area contributed by atoms with Crippen LogP contribution >= 0.6 is 11.6 Å².